The van der Waals surface area contributed by atoms with E-state index in [-0.39, 0.29) is 0 Å². The Morgan fingerprint density at radius 2 is 2.33 bits per heavy atom. The molecule has 0 aliphatic rings. The maximum atomic E-state index is 5.35. The molecular weight excluding hydrogens is 292 g/mol. The normalized spacial score (nSPS) is 12.6. The number of furan rings is 1. The topological polar surface area (TPSA) is 38.1 Å². The lowest BCUT2D eigenvalue weighted by Gasteiger charge is -2.15. The van der Waals surface area contributed by atoms with E-state index in [1.54, 1.807) is 12.5 Å². The Morgan fingerprint density at radius 1 is 1.44 bits per heavy atom. The van der Waals surface area contributed by atoms with Gasteiger partial charge in [0.1, 0.15) is 5.76 Å². The van der Waals surface area contributed by atoms with Gasteiger partial charge in [0.25, 0.3) is 0 Å². The molecule has 4 heteroatoms. The molecule has 96 valence electrons. The molecule has 0 saturated heterocycles. The minimum Gasteiger partial charge on any atom is -0.469 e. The third-order valence-corrected chi connectivity index (χ3v) is 3.40. The van der Waals surface area contributed by atoms with Crippen LogP contribution in [0.15, 0.2) is 45.7 Å². The maximum absolute atomic E-state index is 5.35. The fourth-order valence-electron chi connectivity index (χ4n) is 1.97. The largest absolute Gasteiger partial charge is 0.469 e. The zero-order chi connectivity index (χ0) is 12.8. The molecule has 0 amide bonds. The first kappa shape index (κ1) is 13.3. The number of nitrogens with one attached hydrogen (secondary N) is 1. The number of pyridine rings is 1. The van der Waals surface area contributed by atoms with Gasteiger partial charge in [-0.2, -0.15) is 0 Å². The van der Waals surface area contributed by atoms with Gasteiger partial charge in [-0.1, -0.05) is 0 Å². The number of halogens is 1. The van der Waals surface area contributed by atoms with Gasteiger partial charge in [0.2, 0.25) is 0 Å². The van der Waals surface area contributed by atoms with Gasteiger partial charge in [-0.25, -0.2) is 0 Å². The third-order valence-electron chi connectivity index (χ3n) is 2.97. The SMILES string of the molecule is CNC(CCc1ccco1)Cc1cncc(Br)c1. The van der Waals surface area contributed by atoms with Crippen LogP contribution in [-0.2, 0) is 12.8 Å². The summed E-state index contributed by atoms with van der Waals surface area (Å²) in [5.41, 5.74) is 1.24. The molecule has 1 unspecified atom stereocenters. The van der Waals surface area contributed by atoms with Crippen LogP contribution in [0.2, 0.25) is 0 Å². The molecule has 0 bridgehead atoms. The van der Waals surface area contributed by atoms with Crippen LogP contribution >= 0.6 is 15.9 Å². The van der Waals surface area contributed by atoms with E-state index in [1.807, 2.05) is 25.4 Å². The Hall–Kier alpha value is -1.13. The van der Waals surface area contributed by atoms with E-state index >= 15 is 0 Å². The van der Waals surface area contributed by atoms with Crippen molar-refractivity contribution in [3.05, 3.63) is 52.7 Å². The number of likely N-dealkylation sites (N-methyl/N-ethyl adjacent to an activating group) is 1. The molecule has 0 aliphatic heterocycles. The van der Waals surface area contributed by atoms with Crippen LogP contribution in [0.1, 0.15) is 17.7 Å². The van der Waals surface area contributed by atoms with Crippen molar-refractivity contribution in [3.63, 3.8) is 0 Å². The van der Waals surface area contributed by atoms with Crippen molar-refractivity contribution in [1.82, 2.24) is 10.3 Å². The molecule has 1 N–H and O–H groups in total. The molecule has 0 aliphatic carbocycles. The van der Waals surface area contributed by atoms with Gasteiger partial charge >= 0.3 is 0 Å². The van der Waals surface area contributed by atoms with Crippen LogP contribution in [0.4, 0.5) is 0 Å². The van der Waals surface area contributed by atoms with Gasteiger partial charge in [-0.05, 0) is 59.6 Å². The number of hydrogen-bond donors (Lipinski definition) is 1. The third kappa shape index (κ3) is 3.96. The molecular formula is C14H17BrN2O. The first-order chi connectivity index (χ1) is 8.78. The molecule has 2 aromatic rings. The fraction of sp³-hybridized carbons (Fsp3) is 0.357. The molecule has 2 rings (SSSR count). The summed E-state index contributed by atoms with van der Waals surface area (Å²) in [5.74, 6) is 1.04. The second-order valence-corrected chi connectivity index (χ2v) is 5.23. The zero-order valence-corrected chi connectivity index (χ0v) is 12.0. The lowest BCUT2D eigenvalue weighted by Crippen LogP contribution is -2.28. The van der Waals surface area contributed by atoms with Crippen molar-refractivity contribution < 1.29 is 4.42 Å². The number of rotatable bonds is 6. The van der Waals surface area contributed by atoms with E-state index in [0.717, 1.165) is 29.5 Å². The molecule has 0 fully saturated rings. The van der Waals surface area contributed by atoms with Crippen LogP contribution in [0, 0.1) is 0 Å². The van der Waals surface area contributed by atoms with E-state index in [2.05, 4.69) is 32.3 Å². The second kappa shape index (κ2) is 6.71. The Balaban J connectivity index is 1.89. The Kier molecular flexibility index (Phi) is 4.96. The van der Waals surface area contributed by atoms with Crippen LogP contribution < -0.4 is 5.32 Å². The first-order valence-electron chi connectivity index (χ1n) is 6.07. The van der Waals surface area contributed by atoms with Gasteiger partial charge < -0.3 is 9.73 Å². The quantitative estimate of drug-likeness (QED) is 0.890. The van der Waals surface area contributed by atoms with E-state index in [4.69, 9.17) is 4.42 Å². The fourth-order valence-corrected chi connectivity index (χ4v) is 2.38. The molecule has 2 aromatic heterocycles. The van der Waals surface area contributed by atoms with Crippen molar-refractivity contribution in [1.29, 1.82) is 0 Å². The van der Waals surface area contributed by atoms with Gasteiger partial charge in [0.15, 0.2) is 0 Å². The molecule has 0 saturated carbocycles. The Morgan fingerprint density at radius 3 is 3.00 bits per heavy atom. The number of aromatic nitrogens is 1. The highest BCUT2D eigenvalue weighted by atomic mass is 79.9. The highest BCUT2D eigenvalue weighted by Gasteiger charge is 2.09. The van der Waals surface area contributed by atoms with Crippen molar-refractivity contribution >= 4 is 15.9 Å². The van der Waals surface area contributed by atoms with Crippen LogP contribution in [0.25, 0.3) is 0 Å². The summed E-state index contributed by atoms with van der Waals surface area (Å²) in [6.07, 6.45) is 8.44. The summed E-state index contributed by atoms with van der Waals surface area (Å²) < 4.78 is 6.38. The predicted molar refractivity (Wildman–Crippen MR) is 75.5 cm³/mol. The smallest absolute Gasteiger partial charge is 0.103 e. The van der Waals surface area contributed by atoms with Gasteiger partial charge in [0, 0.05) is 29.3 Å². The molecule has 0 radical (unpaired) electrons. The highest BCUT2D eigenvalue weighted by molar-refractivity contribution is 9.10. The van der Waals surface area contributed by atoms with Crippen LogP contribution in [0.5, 0.6) is 0 Å². The minimum atomic E-state index is 0.436. The average molecular weight is 309 g/mol. The Bertz CT molecular complexity index is 470. The predicted octanol–water partition coefficient (Wildman–Crippen LogP) is 3.20. The summed E-state index contributed by atoms with van der Waals surface area (Å²) in [5, 5.41) is 3.35. The van der Waals surface area contributed by atoms with Crippen molar-refractivity contribution in [3.8, 4) is 0 Å². The standard InChI is InChI=1S/C14H17BrN2O/c1-16-13(4-5-14-3-2-6-18-14)8-11-7-12(15)10-17-9-11/h2-3,6-7,9-10,13,16H,4-5,8H2,1H3. The van der Waals surface area contributed by atoms with E-state index < -0.39 is 0 Å². The van der Waals surface area contributed by atoms with Crippen molar-refractivity contribution in [2.45, 2.75) is 25.3 Å². The summed E-state index contributed by atoms with van der Waals surface area (Å²) in [4.78, 5) is 4.19. The Labute approximate surface area is 116 Å². The minimum absolute atomic E-state index is 0.436. The van der Waals surface area contributed by atoms with Crippen LogP contribution in [0.3, 0.4) is 0 Å². The second-order valence-electron chi connectivity index (χ2n) is 4.32. The van der Waals surface area contributed by atoms with Gasteiger partial charge in [-0.3, -0.25) is 4.98 Å². The molecule has 18 heavy (non-hydrogen) atoms. The zero-order valence-electron chi connectivity index (χ0n) is 10.4. The van der Waals surface area contributed by atoms with E-state index in [1.165, 1.54) is 5.56 Å². The highest BCUT2D eigenvalue weighted by Crippen LogP contribution is 2.13. The van der Waals surface area contributed by atoms with Crippen LogP contribution in [-0.4, -0.2) is 18.1 Å². The summed E-state index contributed by atoms with van der Waals surface area (Å²) in [6, 6.07) is 6.51. The lowest BCUT2D eigenvalue weighted by atomic mass is 10.0. The van der Waals surface area contributed by atoms with Gasteiger partial charge in [0.05, 0.1) is 6.26 Å². The van der Waals surface area contributed by atoms with E-state index in [9.17, 15) is 0 Å². The summed E-state index contributed by atoms with van der Waals surface area (Å²) >= 11 is 3.45. The molecule has 0 aromatic carbocycles. The average Bonchev–Trinajstić information content (AvgIpc) is 2.87. The lowest BCUT2D eigenvalue weighted by molar-refractivity contribution is 0.460. The summed E-state index contributed by atoms with van der Waals surface area (Å²) in [6.45, 7) is 0. The molecule has 1 atom stereocenters. The molecule has 3 nitrogen and oxygen atoms in total. The summed E-state index contributed by atoms with van der Waals surface area (Å²) in [7, 11) is 2.00. The monoisotopic (exact) mass is 308 g/mol. The maximum Gasteiger partial charge on any atom is 0.103 e. The van der Waals surface area contributed by atoms with E-state index in [0.29, 0.717) is 6.04 Å². The van der Waals surface area contributed by atoms with Crippen molar-refractivity contribution in [2.75, 3.05) is 7.05 Å². The molecule has 0 spiro atoms. The van der Waals surface area contributed by atoms with Gasteiger partial charge in [-0.15, -0.1) is 0 Å². The number of nitrogens with zero attached hydrogens (tertiary/aromatic N) is 1. The number of hydrogen-bond acceptors (Lipinski definition) is 3. The number of aryl methyl sites for hydroxylation is 1. The van der Waals surface area contributed by atoms with Crippen molar-refractivity contribution in [2.24, 2.45) is 0 Å². The first-order valence-corrected chi connectivity index (χ1v) is 6.86. The molecule has 2 heterocycles.